The van der Waals surface area contributed by atoms with Crippen LogP contribution in [0.3, 0.4) is 0 Å². The molecule has 1 unspecified atom stereocenters. The molecular formula is C35H38FN5O5S. The number of hydrogen-bond donors (Lipinski definition) is 5. The Hall–Kier alpha value is -4.07. The molecule has 2 saturated heterocycles. The molecule has 2 aliphatic rings. The lowest BCUT2D eigenvalue weighted by Gasteiger charge is -2.47. The number of hydrogen-bond acceptors (Lipinski definition) is 8. The lowest BCUT2D eigenvalue weighted by atomic mass is 9.88. The van der Waals surface area contributed by atoms with Crippen molar-refractivity contribution >= 4 is 38.4 Å². The summed E-state index contributed by atoms with van der Waals surface area (Å²) >= 11 is 0.954. The normalized spacial score (nSPS) is 17.5. The molecule has 47 heavy (non-hydrogen) atoms. The number of morpholine rings is 1. The second-order valence-electron chi connectivity index (χ2n) is 12.6. The number of aromatic amines is 2. The zero-order chi connectivity index (χ0) is 32.5. The van der Waals surface area contributed by atoms with E-state index in [1.165, 1.54) is 6.07 Å². The molecule has 5 N–H and O–H groups in total. The molecule has 2 aromatic heterocycles. The number of piperidine rings is 1. The number of benzene rings is 3. The standard InChI is InChI=1S/C35H38FN5O5S/c36-26-16-22(5-9-37-19-30(43)27-2-4-29(42)31-32(27)47-34(45)39-31)15-23(17-26)20-40-11-7-35(8-12-40)21-41(13-14-46-35)33(44)25-1-3-28-24(18-25)6-10-38-28/h1-4,6,10,15-18,30,37-38,42-43H,5,7-9,11-14,19-21H2,(H,39,45). The van der Waals surface area contributed by atoms with Crippen LogP contribution in [0.4, 0.5) is 4.39 Å². The van der Waals surface area contributed by atoms with Crippen LogP contribution in [0.15, 0.2) is 65.6 Å². The number of thiazole rings is 1. The lowest BCUT2D eigenvalue weighted by molar-refractivity contribution is -0.127. The Bertz CT molecular complexity index is 1960. The number of nitrogens with one attached hydrogen (secondary N) is 3. The third-order valence-electron chi connectivity index (χ3n) is 9.40. The third-order valence-corrected chi connectivity index (χ3v) is 10.3. The number of phenolic OH excluding ortho intramolecular Hbond substituents is 1. The van der Waals surface area contributed by atoms with Crippen LogP contribution in [-0.4, -0.2) is 87.4 Å². The van der Waals surface area contributed by atoms with Crippen molar-refractivity contribution in [3.8, 4) is 5.75 Å². The van der Waals surface area contributed by atoms with E-state index in [0.29, 0.717) is 60.6 Å². The van der Waals surface area contributed by atoms with Gasteiger partial charge >= 0.3 is 4.87 Å². The van der Waals surface area contributed by atoms with Crippen LogP contribution in [0.1, 0.15) is 46.0 Å². The van der Waals surface area contributed by atoms with Crippen molar-refractivity contribution in [1.29, 1.82) is 0 Å². The average molecular weight is 660 g/mol. The molecule has 1 spiro atoms. The highest BCUT2D eigenvalue weighted by atomic mass is 32.1. The van der Waals surface area contributed by atoms with Gasteiger partial charge in [0.2, 0.25) is 0 Å². The van der Waals surface area contributed by atoms with Crippen LogP contribution in [-0.2, 0) is 17.7 Å². The number of likely N-dealkylation sites (tertiary alicyclic amines) is 1. The summed E-state index contributed by atoms with van der Waals surface area (Å²) in [6, 6.07) is 16.0. The number of halogens is 1. The van der Waals surface area contributed by atoms with Crippen molar-refractivity contribution in [2.24, 2.45) is 0 Å². The number of rotatable bonds is 9. The van der Waals surface area contributed by atoms with Gasteiger partial charge in [0.15, 0.2) is 0 Å². The molecule has 0 saturated carbocycles. The van der Waals surface area contributed by atoms with Crippen LogP contribution >= 0.6 is 11.3 Å². The molecule has 3 aromatic carbocycles. The van der Waals surface area contributed by atoms with Crippen LogP contribution in [0, 0.1) is 5.82 Å². The van der Waals surface area contributed by atoms with Gasteiger partial charge in [0.1, 0.15) is 17.1 Å². The number of carbonyl (C=O) groups is 1. The number of aromatic hydroxyl groups is 1. The molecule has 4 heterocycles. The Balaban J connectivity index is 0.905. The van der Waals surface area contributed by atoms with E-state index < -0.39 is 6.10 Å². The van der Waals surface area contributed by atoms with Gasteiger partial charge in [-0.1, -0.05) is 23.5 Å². The molecule has 1 amide bonds. The van der Waals surface area contributed by atoms with Gasteiger partial charge in [0, 0.05) is 61.0 Å². The zero-order valence-electron chi connectivity index (χ0n) is 25.9. The molecule has 0 aliphatic carbocycles. The van der Waals surface area contributed by atoms with Crippen molar-refractivity contribution in [2.45, 2.75) is 37.5 Å². The maximum atomic E-state index is 14.6. The summed E-state index contributed by atoms with van der Waals surface area (Å²) in [4.78, 5) is 34.9. The van der Waals surface area contributed by atoms with Gasteiger partial charge < -0.3 is 35.1 Å². The second-order valence-corrected chi connectivity index (χ2v) is 13.6. The SMILES string of the molecule is O=C(c1ccc2[nH]ccc2c1)N1CCOC2(CCN(Cc3cc(F)cc(CCNCC(O)c4ccc(O)c5[nH]c(=O)sc45)c3)CC2)C1. The lowest BCUT2D eigenvalue weighted by Crippen LogP contribution is -2.57. The Morgan fingerprint density at radius 1 is 1.09 bits per heavy atom. The highest BCUT2D eigenvalue weighted by Gasteiger charge is 2.41. The summed E-state index contributed by atoms with van der Waals surface area (Å²) < 4.78 is 21.5. The minimum Gasteiger partial charge on any atom is -0.506 e. The quantitative estimate of drug-likeness (QED) is 0.149. The number of H-pyrrole nitrogens is 2. The molecule has 246 valence electrons. The summed E-state index contributed by atoms with van der Waals surface area (Å²) in [5, 5.41) is 25.0. The number of aromatic nitrogens is 2. The van der Waals surface area contributed by atoms with Crippen LogP contribution in [0.2, 0.25) is 0 Å². The first kappa shape index (κ1) is 31.5. The molecule has 12 heteroatoms. The van der Waals surface area contributed by atoms with E-state index in [1.807, 2.05) is 41.4 Å². The van der Waals surface area contributed by atoms with E-state index in [-0.39, 0.29) is 34.5 Å². The van der Waals surface area contributed by atoms with Gasteiger partial charge in [-0.3, -0.25) is 14.5 Å². The first-order valence-electron chi connectivity index (χ1n) is 16.0. The van der Waals surface area contributed by atoms with E-state index in [0.717, 1.165) is 59.3 Å². The molecule has 2 fully saturated rings. The number of carbonyl (C=O) groups excluding carboxylic acids is 1. The maximum Gasteiger partial charge on any atom is 0.305 e. The van der Waals surface area contributed by atoms with Crippen molar-refractivity contribution in [3.05, 3.63) is 98.5 Å². The number of amides is 1. The largest absolute Gasteiger partial charge is 0.506 e. The van der Waals surface area contributed by atoms with Gasteiger partial charge in [-0.15, -0.1) is 0 Å². The molecule has 1 atom stereocenters. The number of fused-ring (bicyclic) bond motifs is 2. The van der Waals surface area contributed by atoms with Gasteiger partial charge in [0.25, 0.3) is 5.91 Å². The Morgan fingerprint density at radius 3 is 2.77 bits per heavy atom. The fourth-order valence-corrected chi connectivity index (χ4v) is 7.82. The topological polar surface area (TPSA) is 134 Å². The van der Waals surface area contributed by atoms with E-state index in [4.69, 9.17) is 4.74 Å². The van der Waals surface area contributed by atoms with Gasteiger partial charge in [-0.05, 0) is 79.4 Å². The molecule has 10 nitrogen and oxygen atoms in total. The summed E-state index contributed by atoms with van der Waals surface area (Å²) in [7, 11) is 0. The predicted molar refractivity (Wildman–Crippen MR) is 179 cm³/mol. The van der Waals surface area contributed by atoms with Gasteiger partial charge in [-0.25, -0.2) is 4.39 Å². The first-order valence-corrected chi connectivity index (χ1v) is 16.8. The second kappa shape index (κ2) is 13.2. The van der Waals surface area contributed by atoms with Crippen molar-refractivity contribution in [1.82, 2.24) is 25.1 Å². The Kier molecular flexibility index (Phi) is 8.86. The molecule has 7 rings (SSSR count). The van der Waals surface area contributed by atoms with Gasteiger partial charge in [-0.2, -0.15) is 0 Å². The summed E-state index contributed by atoms with van der Waals surface area (Å²) in [6.45, 7) is 4.66. The fraction of sp³-hybridized carbons (Fsp3) is 0.371. The van der Waals surface area contributed by atoms with Crippen molar-refractivity contribution in [3.63, 3.8) is 0 Å². The number of ether oxygens (including phenoxy) is 1. The number of aliphatic hydroxyl groups excluding tert-OH is 1. The number of nitrogens with zero attached hydrogens (tertiary/aromatic N) is 2. The van der Waals surface area contributed by atoms with E-state index in [2.05, 4.69) is 20.2 Å². The van der Waals surface area contributed by atoms with E-state index >= 15 is 0 Å². The third kappa shape index (κ3) is 6.83. The smallest absolute Gasteiger partial charge is 0.305 e. The van der Waals surface area contributed by atoms with Gasteiger partial charge in [0.05, 0.1) is 29.6 Å². The minimum absolute atomic E-state index is 0.0313. The van der Waals surface area contributed by atoms with Crippen molar-refractivity contribution in [2.75, 3.05) is 45.9 Å². The predicted octanol–water partition coefficient (Wildman–Crippen LogP) is 4.29. The highest BCUT2D eigenvalue weighted by Crippen LogP contribution is 2.33. The summed E-state index contributed by atoms with van der Waals surface area (Å²) in [5.74, 6) is -0.273. The van der Waals surface area contributed by atoms with Crippen molar-refractivity contribution < 1.29 is 24.1 Å². The number of aliphatic hydroxyl groups is 1. The molecule has 0 bridgehead atoms. The fourth-order valence-electron chi connectivity index (χ4n) is 6.90. The monoisotopic (exact) mass is 659 g/mol. The Labute approximate surface area is 274 Å². The molecule has 0 radical (unpaired) electrons. The van der Waals surface area contributed by atoms with Crippen LogP contribution < -0.4 is 10.2 Å². The first-order chi connectivity index (χ1) is 22.7. The number of phenols is 1. The highest BCUT2D eigenvalue weighted by molar-refractivity contribution is 7.16. The van der Waals surface area contributed by atoms with Crippen LogP contribution in [0.25, 0.3) is 21.1 Å². The minimum atomic E-state index is -0.873. The summed E-state index contributed by atoms with van der Waals surface area (Å²) in [5.41, 5.74) is 4.01. The zero-order valence-corrected chi connectivity index (χ0v) is 26.7. The molecule has 2 aliphatic heterocycles. The van der Waals surface area contributed by atoms with Crippen LogP contribution in [0.5, 0.6) is 5.75 Å². The average Bonchev–Trinajstić information content (AvgIpc) is 3.70. The van der Waals surface area contributed by atoms with E-state index in [9.17, 15) is 24.2 Å². The Morgan fingerprint density at radius 2 is 1.91 bits per heavy atom. The molecule has 5 aromatic rings. The van der Waals surface area contributed by atoms with E-state index in [1.54, 1.807) is 18.2 Å². The summed E-state index contributed by atoms with van der Waals surface area (Å²) in [6.07, 6.45) is 3.19. The molecular weight excluding hydrogens is 621 g/mol. The maximum absolute atomic E-state index is 14.6.